The van der Waals surface area contributed by atoms with Crippen LogP contribution in [0.3, 0.4) is 0 Å². The molecule has 0 N–H and O–H groups in total. The molecule has 4 nitrogen and oxygen atoms in total. The first-order chi connectivity index (χ1) is 8.33. The summed E-state index contributed by atoms with van der Waals surface area (Å²) in [5.41, 5.74) is -0.412. The van der Waals surface area contributed by atoms with Crippen molar-refractivity contribution in [3.63, 3.8) is 0 Å². The molecule has 0 saturated carbocycles. The van der Waals surface area contributed by atoms with Gasteiger partial charge in [-0.15, -0.1) is 0 Å². The van der Waals surface area contributed by atoms with Gasteiger partial charge in [0.2, 0.25) is 0 Å². The summed E-state index contributed by atoms with van der Waals surface area (Å²) in [7, 11) is 1.81. The highest BCUT2D eigenvalue weighted by atomic mass is 16.6. The van der Waals surface area contributed by atoms with Crippen molar-refractivity contribution >= 4 is 6.09 Å². The summed E-state index contributed by atoms with van der Waals surface area (Å²) in [4.78, 5) is 16.0. The first kappa shape index (κ1) is 15.3. The molecule has 18 heavy (non-hydrogen) atoms. The molecule has 1 unspecified atom stereocenters. The molecular weight excluding hydrogens is 228 g/mol. The van der Waals surface area contributed by atoms with Crippen LogP contribution in [0.4, 0.5) is 4.79 Å². The first-order valence-corrected chi connectivity index (χ1v) is 7.01. The Morgan fingerprint density at radius 2 is 2.11 bits per heavy atom. The fourth-order valence-electron chi connectivity index (χ4n) is 2.36. The molecular formula is C14H28N2O2. The highest BCUT2D eigenvalue weighted by Gasteiger charge is 2.24. The third-order valence-corrected chi connectivity index (χ3v) is 3.40. The smallest absolute Gasteiger partial charge is 0.410 e. The Morgan fingerprint density at radius 1 is 1.44 bits per heavy atom. The predicted molar refractivity (Wildman–Crippen MR) is 73.8 cm³/mol. The van der Waals surface area contributed by atoms with Crippen molar-refractivity contribution in [1.29, 1.82) is 0 Å². The minimum absolute atomic E-state index is 0.227. The van der Waals surface area contributed by atoms with E-state index in [4.69, 9.17) is 4.74 Å². The van der Waals surface area contributed by atoms with Gasteiger partial charge < -0.3 is 9.64 Å². The van der Waals surface area contributed by atoms with E-state index in [1.165, 1.54) is 25.8 Å². The molecule has 0 aromatic rings. The van der Waals surface area contributed by atoms with Gasteiger partial charge in [0, 0.05) is 26.2 Å². The lowest BCUT2D eigenvalue weighted by molar-refractivity contribution is 0.0280. The predicted octanol–water partition coefficient (Wildman–Crippen LogP) is 2.73. The molecule has 1 heterocycles. The molecule has 0 spiro atoms. The van der Waals surface area contributed by atoms with Crippen molar-refractivity contribution in [2.45, 2.75) is 58.6 Å². The van der Waals surface area contributed by atoms with Crippen LogP contribution in [0.1, 0.15) is 47.0 Å². The van der Waals surface area contributed by atoms with Crippen molar-refractivity contribution in [2.24, 2.45) is 0 Å². The zero-order valence-corrected chi connectivity index (χ0v) is 12.5. The van der Waals surface area contributed by atoms with E-state index in [-0.39, 0.29) is 6.09 Å². The molecule has 1 aliphatic rings. The Balaban J connectivity index is 2.32. The molecule has 0 aromatic carbocycles. The van der Waals surface area contributed by atoms with E-state index < -0.39 is 5.60 Å². The van der Waals surface area contributed by atoms with E-state index in [0.717, 1.165) is 13.1 Å². The van der Waals surface area contributed by atoms with Gasteiger partial charge in [-0.1, -0.05) is 6.92 Å². The van der Waals surface area contributed by atoms with Crippen molar-refractivity contribution in [3.8, 4) is 0 Å². The fraction of sp³-hybridized carbons (Fsp3) is 0.929. The Kier molecular flexibility index (Phi) is 5.45. The molecule has 0 bridgehead atoms. The number of rotatable bonds is 4. The summed E-state index contributed by atoms with van der Waals surface area (Å²) in [6, 6.07) is 0.706. The minimum Gasteiger partial charge on any atom is -0.444 e. The third kappa shape index (κ3) is 4.84. The number of carbonyl (C=O) groups excluding carboxylic acids is 1. The summed E-state index contributed by atoms with van der Waals surface area (Å²) in [5, 5.41) is 0. The van der Waals surface area contributed by atoms with Crippen LogP contribution in [0.2, 0.25) is 0 Å². The van der Waals surface area contributed by atoms with E-state index in [1.54, 1.807) is 4.90 Å². The van der Waals surface area contributed by atoms with Crippen LogP contribution in [-0.4, -0.2) is 54.2 Å². The molecule has 1 fully saturated rings. The van der Waals surface area contributed by atoms with E-state index in [1.807, 2.05) is 27.8 Å². The van der Waals surface area contributed by atoms with Gasteiger partial charge in [-0.25, -0.2) is 4.79 Å². The molecule has 4 heteroatoms. The molecule has 0 radical (unpaired) electrons. The molecule has 1 rings (SSSR count). The highest BCUT2D eigenvalue weighted by molar-refractivity contribution is 5.67. The normalized spacial score (nSPS) is 21.1. The largest absolute Gasteiger partial charge is 0.444 e. The van der Waals surface area contributed by atoms with Crippen LogP contribution in [0.5, 0.6) is 0 Å². The summed E-state index contributed by atoms with van der Waals surface area (Å²) >= 11 is 0. The second-order valence-electron chi connectivity index (χ2n) is 6.14. The van der Waals surface area contributed by atoms with Crippen LogP contribution >= 0.6 is 0 Å². The number of likely N-dealkylation sites (N-methyl/N-ethyl adjacent to an activating group) is 1. The molecule has 0 aromatic heterocycles. The van der Waals surface area contributed by atoms with Crippen LogP contribution in [0, 0.1) is 0 Å². The lowest BCUT2D eigenvalue weighted by Crippen LogP contribution is -2.40. The Hall–Kier alpha value is -0.770. The molecule has 106 valence electrons. The van der Waals surface area contributed by atoms with Crippen LogP contribution in [0.25, 0.3) is 0 Å². The zero-order valence-electron chi connectivity index (χ0n) is 12.5. The monoisotopic (exact) mass is 256 g/mol. The van der Waals surface area contributed by atoms with Gasteiger partial charge in [0.15, 0.2) is 0 Å². The molecule has 1 saturated heterocycles. The quantitative estimate of drug-likeness (QED) is 0.775. The topological polar surface area (TPSA) is 32.8 Å². The van der Waals surface area contributed by atoms with Gasteiger partial charge in [-0.05, 0) is 46.6 Å². The molecule has 1 atom stereocenters. The Morgan fingerprint density at radius 3 is 2.67 bits per heavy atom. The number of hydrogen-bond acceptors (Lipinski definition) is 3. The average Bonchev–Trinajstić information content (AvgIpc) is 2.70. The lowest BCUT2D eigenvalue weighted by Gasteiger charge is -2.28. The maximum Gasteiger partial charge on any atom is 0.410 e. The lowest BCUT2D eigenvalue weighted by atomic mass is 10.2. The van der Waals surface area contributed by atoms with Crippen molar-refractivity contribution in [3.05, 3.63) is 0 Å². The van der Waals surface area contributed by atoms with Gasteiger partial charge in [-0.2, -0.15) is 0 Å². The van der Waals surface area contributed by atoms with E-state index in [2.05, 4.69) is 11.8 Å². The third-order valence-electron chi connectivity index (χ3n) is 3.40. The Labute approximate surface area is 111 Å². The summed E-state index contributed by atoms with van der Waals surface area (Å²) in [6.45, 7) is 10.8. The van der Waals surface area contributed by atoms with E-state index >= 15 is 0 Å². The summed E-state index contributed by atoms with van der Waals surface area (Å²) < 4.78 is 5.34. The SMILES string of the molecule is CCC1CCCN1CCN(C)C(=O)OC(C)(C)C. The van der Waals surface area contributed by atoms with Gasteiger partial charge in [-0.3, -0.25) is 4.90 Å². The standard InChI is InChI=1S/C14H28N2O2/c1-6-12-8-7-9-16(12)11-10-15(5)13(17)18-14(2,3)4/h12H,6-11H2,1-5H3. The maximum absolute atomic E-state index is 11.8. The van der Waals surface area contributed by atoms with Crippen molar-refractivity contribution in [1.82, 2.24) is 9.80 Å². The fourth-order valence-corrected chi connectivity index (χ4v) is 2.36. The van der Waals surface area contributed by atoms with Crippen molar-refractivity contribution in [2.75, 3.05) is 26.7 Å². The molecule has 0 aliphatic carbocycles. The van der Waals surface area contributed by atoms with Crippen LogP contribution < -0.4 is 0 Å². The minimum atomic E-state index is -0.412. The van der Waals surface area contributed by atoms with Crippen molar-refractivity contribution < 1.29 is 9.53 Å². The van der Waals surface area contributed by atoms with E-state index in [9.17, 15) is 4.79 Å². The number of nitrogens with zero attached hydrogens (tertiary/aromatic N) is 2. The average molecular weight is 256 g/mol. The number of carbonyl (C=O) groups is 1. The van der Waals surface area contributed by atoms with Gasteiger partial charge >= 0.3 is 6.09 Å². The van der Waals surface area contributed by atoms with Gasteiger partial charge in [0.25, 0.3) is 0 Å². The number of amides is 1. The number of ether oxygens (including phenoxy) is 1. The maximum atomic E-state index is 11.8. The highest BCUT2D eigenvalue weighted by Crippen LogP contribution is 2.19. The zero-order chi connectivity index (χ0) is 13.8. The van der Waals surface area contributed by atoms with Gasteiger partial charge in [0.1, 0.15) is 5.60 Å². The molecule has 1 amide bonds. The van der Waals surface area contributed by atoms with Crippen LogP contribution in [-0.2, 0) is 4.74 Å². The first-order valence-electron chi connectivity index (χ1n) is 7.01. The van der Waals surface area contributed by atoms with Gasteiger partial charge in [0.05, 0.1) is 0 Å². The number of likely N-dealkylation sites (tertiary alicyclic amines) is 1. The summed E-state index contributed by atoms with van der Waals surface area (Å²) in [6.07, 6.45) is 3.56. The second kappa shape index (κ2) is 6.41. The Bertz CT molecular complexity index is 273. The second-order valence-corrected chi connectivity index (χ2v) is 6.14. The molecule has 1 aliphatic heterocycles. The van der Waals surface area contributed by atoms with E-state index in [0.29, 0.717) is 6.04 Å². The summed E-state index contributed by atoms with van der Waals surface area (Å²) in [5.74, 6) is 0. The van der Waals surface area contributed by atoms with Crippen LogP contribution in [0.15, 0.2) is 0 Å². The number of hydrogen-bond donors (Lipinski definition) is 0.